The molecule has 0 aromatic heterocycles. The number of nitrogens with zero attached hydrogens (tertiary/aromatic N) is 3. The summed E-state index contributed by atoms with van der Waals surface area (Å²) in [5, 5.41) is 1.55. The zero-order valence-electron chi connectivity index (χ0n) is 48.3. The van der Waals surface area contributed by atoms with Gasteiger partial charge in [-0.2, -0.15) is 0 Å². The van der Waals surface area contributed by atoms with Crippen LogP contribution >= 0.6 is 0 Å². The molecule has 1 saturated carbocycles. The van der Waals surface area contributed by atoms with Crippen LogP contribution in [0.15, 0.2) is 115 Å². The van der Waals surface area contributed by atoms with E-state index in [0.29, 0.717) is 0 Å². The maximum Gasteiger partial charge on any atom is 0.252 e. The number of anilines is 8. The fourth-order valence-corrected chi connectivity index (χ4v) is 14.6. The smallest absolute Gasteiger partial charge is 0.252 e. The van der Waals surface area contributed by atoms with Gasteiger partial charge in [0.1, 0.15) is 0 Å². The molecule has 6 aromatic rings. The lowest BCUT2D eigenvalue weighted by molar-refractivity contribution is -0.0311. The van der Waals surface area contributed by atoms with Gasteiger partial charge in [0.15, 0.2) is 0 Å². The van der Waals surface area contributed by atoms with Crippen molar-refractivity contribution in [2.45, 2.75) is 190 Å². The lowest BCUT2D eigenvalue weighted by atomic mass is 9.33. The molecule has 0 N–H and O–H groups in total. The fraction of sp³-hybridized carbons (Fsp3) is 0.463. The van der Waals surface area contributed by atoms with Crippen molar-refractivity contribution in [1.82, 2.24) is 0 Å². The second kappa shape index (κ2) is 15.8. The van der Waals surface area contributed by atoms with Crippen LogP contribution in [-0.2, 0) is 27.1 Å². The van der Waals surface area contributed by atoms with Crippen molar-refractivity contribution in [2.75, 3.05) is 14.7 Å². The minimum Gasteiger partial charge on any atom is -0.334 e. The molecule has 4 aliphatic rings. The first-order valence-corrected chi connectivity index (χ1v) is 30.8. The van der Waals surface area contributed by atoms with Gasteiger partial charge in [-0.1, -0.05) is 203 Å². The Bertz CT molecular complexity index is 3030. The van der Waals surface area contributed by atoms with Crippen molar-refractivity contribution in [1.29, 1.82) is 0 Å². The molecular formula is C67H86BN3Si. The van der Waals surface area contributed by atoms with Crippen LogP contribution in [0.25, 0.3) is 0 Å². The first-order chi connectivity index (χ1) is 33.1. The summed E-state index contributed by atoms with van der Waals surface area (Å²) in [4.78, 5) is 8.23. The summed E-state index contributed by atoms with van der Waals surface area (Å²) in [6.45, 7) is 51.3. The van der Waals surface area contributed by atoms with Gasteiger partial charge in [0.2, 0.25) is 0 Å². The van der Waals surface area contributed by atoms with Gasteiger partial charge in [-0.15, -0.1) is 0 Å². The van der Waals surface area contributed by atoms with E-state index in [9.17, 15) is 0 Å². The average Bonchev–Trinajstić information content (AvgIpc) is 3.44. The molecular weight excluding hydrogens is 886 g/mol. The van der Waals surface area contributed by atoms with Crippen molar-refractivity contribution in [3.05, 3.63) is 143 Å². The van der Waals surface area contributed by atoms with E-state index in [0.717, 1.165) is 12.8 Å². The number of hydrogen-bond donors (Lipinski definition) is 0. The second-order valence-corrected chi connectivity index (χ2v) is 34.8. The van der Waals surface area contributed by atoms with Gasteiger partial charge in [-0.05, 0) is 151 Å². The molecule has 2 atom stereocenters. The summed E-state index contributed by atoms with van der Waals surface area (Å²) >= 11 is 0. The Balaban J connectivity index is 1.38. The van der Waals surface area contributed by atoms with Gasteiger partial charge in [0, 0.05) is 50.9 Å². The largest absolute Gasteiger partial charge is 0.334 e. The Hall–Kier alpha value is -5.00. The minimum atomic E-state index is -1.66. The van der Waals surface area contributed by atoms with Crippen LogP contribution in [0.3, 0.4) is 0 Å². The van der Waals surface area contributed by atoms with E-state index in [1.54, 1.807) is 5.19 Å². The molecule has 0 spiro atoms. The van der Waals surface area contributed by atoms with Crippen LogP contribution < -0.4 is 36.3 Å². The van der Waals surface area contributed by atoms with Crippen LogP contribution in [0, 0.1) is 10.8 Å². The van der Waals surface area contributed by atoms with Crippen molar-refractivity contribution in [3.8, 4) is 0 Å². The minimum absolute atomic E-state index is 0.0154. The summed E-state index contributed by atoms with van der Waals surface area (Å²) in [5.41, 5.74) is 20.9. The quantitative estimate of drug-likeness (QED) is 0.163. The van der Waals surface area contributed by atoms with Crippen LogP contribution in [0.2, 0.25) is 19.6 Å². The number of fused-ring (bicyclic) bond motifs is 7. The van der Waals surface area contributed by atoms with E-state index in [1.807, 2.05) is 0 Å². The Labute approximate surface area is 437 Å². The molecule has 0 bridgehead atoms. The third-order valence-electron chi connectivity index (χ3n) is 18.8. The highest BCUT2D eigenvalue weighted by atomic mass is 28.3. The summed E-state index contributed by atoms with van der Waals surface area (Å²) < 4.78 is 0. The lowest BCUT2D eigenvalue weighted by Gasteiger charge is -2.61. The van der Waals surface area contributed by atoms with Crippen LogP contribution in [-0.4, -0.2) is 20.3 Å². The molecule has 10 rings (SSSR count). The van der Waals surface area contributed by atoms with E-state index >= 15 is 0 Å². The molecule has 72 heavy (non-hydrogen) atoms. The highest BCUT2D eigenvalue weighted by Crippen LogP contribution is 2.68. The molecule has 3 heterocycles. The standard InChI is InChI=1S/C67H86BN3Si/c1-60(2,3)43-24-22-26-47(34-43)69-55-36-45(62(7,8)9)28-31-52(55)68-53-32-29-46(63(10,11)12)37-56(53)70(48-27-23-25-44(35-48)61(4,5)6)58-39-49(38-57(69)59(58)68)71-54-33-30-50(72(19,20)21)40-51(54)66(17)41-64(13,14)65(15,16)42-67(66,71)18/h22-40H,41-42H2,1-21H3. The maximum absolute atomic E-state index is 2.87. The van der Waals surface area contributed by atoms with Gasteiger partial charge in [0.05, 0.1) is 13.6 Å². The van der Waals surface area contributed by atoms with Crippen molar-refractivity contribution < 1.29 is 0 Å². The van der Waals surface area contributed by atoms with Crippen LogP contribution in [0.4, 0.5) is 45.5 Å². The molecule has 2 unspecified atom stereocenters. The molecule has 1 fully saturated rings. The molecule has 0 saturated heterocycles. The van der Waals surface area contributed by atoms with Gasteiger partial charge in [-0.3, -0.25) is 0 Å². The Morgan fingerprint density at radius 1 is 0.431 bits per heavy atom. The highest BCUT2D eigenvalue weighted by molar-refractivity contribution is 7.00. The third kappa shape index (κ3) is 7.70. The molecule has 0 radical (unpaired) electrons. The van der Waals surface area contributed by atoms with E-state index in [4.69, 9.17) is 0 Å². The summed E-state index contributed by atoms with van der Waals surface area (Å²) in [7, 11) is -1.66. The Morgan fingerprint density at radius 3 is 1.29 bits per heavy atom. The van der Waals surface area contributed by atoms with Crippen LogP contribution in [0.1, 0.15) is 165 Å². The SMILES string of the molecule is CC(C)(C)c1cccc(N2c3cc(C(C)(C)C)ccc3B3c4ccc(C(C)(C)C)cc4N(c4cccc(C(C)(C)C)c4)c4cc(N5c6ccc([Si](C)(C)C)cc6C6(C)CC(C)(C)C(C)(C)CC56C)cc2c43)c1. The monoisotopic (exact) mass is 972 g/mol. The van der Waals surface area contributed by atoms with Gasteiger partial charge < -0.3 is 14.7 Å². The lowest BCUT2D eigenvalue weighted by Crippen LogP contribution is -2.63. The Morgan fingerprint density at radius 2 is 0.861 bits per heavy atom. The fourth-order valence-electron chi connectivity index (χ4n) is 13.5. The summed E-state index contributed by atoms with van der Waals surface area (Å²) in [6, 6.07) is 46.9. The molecule has 6 aromatic carbocycles. The van der Waals surface area contributed by atoms with E-state index < -0.39 is 8.07 Å². The number of hydrogen-bond acceptors (Lipinski definition) is 3. The topological polar surface area (TPSA) is 9.72 Å². The number of rotatable bonds is 4. The predicted octanol–water partition coefficient (Wildman–Crippen LogP) is 16.5. The van der Waals surface area contributed by atoms with E-state index in [1.165, 1.54) is 89.7 Å². The van der Waals surface area contributed by atoms with E-state index in [2.05, 4.69) is 274 Å². The molecule has 5 heteroatoms. The van der Waals surface area contributed by atoms with Crippen molar-refractivity contribution in [2.24, 2.45) is 10.8 Å². The van der Waals surface area contributed by atoms with E-state index in [-0.39, 0.29) is 50.2 Å². The highest BCUT2D eigenvalue weighted by Gasteiger charge is 2.65. The maximum atomic E-state index is 2.87. The summed E-state index contributed by atoms with van der Waals surface area (Å²) in [5.74, 6) is 0. The zero-order valence-corrected chi connectivity index (χ0v) is 49.3. The molecule has 1 aliphatic carbocycles. The average molecular weight is 972 g/mol. The molecule has 376 valence electrons. The predicted molar refractivity (Wildman–Crippen MR) is 319 cm³/mol. The van der Waals surface area contributed by atoms with Crippen molar-refractivity contribution >= 4 is 81.9 Å². The Kier molecular flexibility index (Phi) is 11.1. The first kappa shape index (κ1) is 50.5. The first-order valence-electron chi connectivity index (χ1n) is 27.3. The van der Waals surface area contributed by atoms with Gasteiger partial charge in [-0.25, -0.2) is 0 Å². The zero-order chi connectivity index (χ0) is 52.5. The van der Waals surface area contributed by atoms with Gasteiger partial charge in [0.25, 0.3) is 6.71 Å². The molecule has 3 aliphatic heterocycles. The second-order valence-electron chi connectivity index (χ2n) is 29.7. The number of benzene rings is 6. The van der Waals surface area contributed by atoms with Gasteiger partial charge >= 0.3 is 0 Å². The summed E-state index contributed by atoms with van der Waals surface area (Å²) in [6.07, 6.45) is 2.19. The van der Waals surface area contributed by atoms with Crippen LogP contribution in [0.5, 0.6) is 0 Å². The molecule has 3 nitrogen and oxygen atoms in total. The molecule has 0 amide bonds. The third-order valence-corrected chi connectivity index (χ3v) is 20.8. The normalized spacial score (nSPS) is 21.2. The van der Waals surface area contributed by atoms with Crippen molar-refractivity contribution in [3.63, 3.8) is 0 Å².